The van der Waals surface area contributed by atoms with E-state index in [1.54, 1.807) is 25.4 Å². The van der Waals surface area contributed by atoms with Crippen molar-refractivity contribution in [3.63, 3.8) is 0 Å². The van der Waals surface area contributed by atoms with E-state index in [2.05, 4.69) is 21.4 Å². The molecule has 0 aliphatic rings. The van der Waals surface area contributed by atoms with Crippen LogP contribution in [0, 0.1) is 23.2 Å². The molecule has 2 heterocycles. The summed E-state index contributed by atoms with van der Waals surface area (Å²) in [6, 6.07) is 14.2. The number of nitriles is 1. The van der Waals surface area contributed by atoms with E-state index in [0.717, 1.165) is 16.6 Å². The Morgan fingerprint density at radius 2 is 2.03 bits per heavy atom. The summed E-state index contributed by atoms with van der Waals surface area (Å²) in [7, 11) is 1.59. The number of rotatable bonds is 10. The zero-order chi connectivity index (χ0) is 23.1. The van der Waals surface area contributed by atoms with E-state index in [-0.39, 0.29) is 24.0 Å². The molecule has 0 saturated carbocycles. The van der Waals surface area contributed by atoms with Crippen LogP contribution in [0.25, 0.3) is 10.9 Å². The molecule has 0 aliphatic heterocycles. The normalized spacial score (nSPS) is 12.8. The number of ether oxygens (including phenoxy) is 1. The fourth-order valence-corrected chi connectivity index (χ4v) is 3.79. The summed E-state index contributed by atoms with van der Waals surface area (Å²) < 4.78 is 5.37. The van der Waals surface area contributed by atoms with Crippen LogP contribution in [-0.4, -0.2) is 34.8 Å². The van der Waals surface area contributed by atoms with Crippen LogP contribution in [0.15, 0.2) is 48.7 Å². The molecule has 0 fully saturated rings. The van der Waals surface area contributed by atoms with Crippen molar-refractivity contribution in [2.75, 3.05) is 7.11 Å². The van der Waals surface area contributed by atoms with Crippen LogP contribution in [0.3, 0.4) is 0 Å². The van der Waals surface area contributed by atoms with Gasteiger partial charge in [0, 0.05) is 41.6 Å². The molecule has 166 valence electrons. The topological polar surface area (TPSA) is 108 Å². The monoisotopic (exact) mass is 432 g/mol. The molecule has 1 amide bonds. The van der Waals surface area contributed by atoms with Crippen LogP contribution >= 0.6 is 0 Å². The third-order valence-electron chi connectivity index (χ3n) is 5.31. The van der Waals surface area contributed by atoms with Crippen molar-refractivity contribution in [2.24, 2.45) is 11.8 Å². The van der Waals surface area contributed by atoms with Gasteiger partial charge in [0.1, 0.15) is 11.8 Å². The van der Waals surface area contributed by atoms with Gasteiger partial charge in [0.15, 0.2) is 5.78 Å². The SMILES string of the molecule is COc1cccc2[nH]c(C(=O)C[C@@H](CC(C)C)C(=O)N[C@H](C#N)Cc3ccccn3)cc12. The van der Waals surface area contributed by atoms with Crippen LogP contribution in [-0.2, 0) is 11.2 Å². The molecule has 3 rings (SSSR count). The van der Waals surface area contributed by atoms with E-state index >= 15 is 0 Å². The molecule has 7 heteroatoms. The smallest absolute Gasteiger partial charge is 0.224 e. The van der Waals surface area contributed by atoms with Crippen molar-refractivity contribution in [1.82, 2.24) is 15.3 Å². The number of fused-ring (bicyclic) bond motifs is 1. The molecule has 0 spiro atoms. The first kappa shape index (κ1) is 23.0. The average molecular weight is 433 g/mol. The molecular weight excluding hydrogens is 404 g/mol. The Bertz CT molecular complexity index is 1120. The van der Waals surface area contributed by atoms with Gasteiger partial charge in [0.05, 0.1) is 18.9 Å². The average Bonchev–Trinajstić information content (AvgIpc) is 3.23. The summed E-state index contributed by atoms with van der Waals surface area (Å²) in [5.41, 5.74) is 1.97. The van der Waals surface area contributed by atoms with Gasteiger partial charge in [0.2, 0.25) is 5.91 Å². The number of H-pyrrole nitrogens is 1. The number of nitrogens with one attached hydrogen (secondary N) is 2. The Kier molecular flexibility index (Phi) is 7.61. The molecule has 3 aromatic rings. The lowest BCUT2D eigenvalue weighted by molar-refractivity contribution is -0.125. The number of pyridine rings is 1. The second-order valence-electron chi connectivity index (χ2n) is 8.27. The highest BCUT2D eigenvalue weighted by Crippen LogP contribution is 2.27. The van der Waals surface area contributed by atoms with Crippen LogP contribution in [0.2, 0.25) is 0 Å². The number of methoxy groups -OCH3 is 1. The van der Waals surface area contributed by atoms with E-state index in [1.807, 2.05) is 44.2 Å². The van der Waals surface area contributed by atoms with Crippen LogP contribution in [0.1, 0.15) is 42.9 Å². The number of aromatic amines is 1. The minimum absolute atomic E-state index is 0.0564. The maximum absolute atomic E-state index is 13.0. The molecule has 0 bridgehead atoms. The third kappa shape index (κ3) is 5.73. The Morgan fingerprint density at radius 1 is 1.22 bits per heavy atom. The second-order valence-corrected chi connectivity index (χ2v) is 8.27. The number of carbonyl (C=O) groups excluding carboxylic acids is 2. The van der Waals surface area contributed by atoms with Gasteiger partial charge in [-0.15, -0.1) is 0 Å². The highest BCUT2D eigenvalue weighted by Gasteiger charge is 2.26. The highest BCUT2D eigenvalue weighted by molar-refractivity contribution is 6.02. The molecule has 0 aliphatic carbocycles. The predicted molar refractivity (Wildman–Crippen MR) is 122 cm³/mol. The van der Waals surface area contributed by atoms with Gasteiger partial charge < -0.3 is 15.0 Å². The molecule has 2 aromatic heterocycles. The first-order chi connectivity index (χ1) is 15.4. The van der Waals surface area contributed by atoms with Crippen molar-refractivity contribution in [1.29, 1.82) is 5.26 Å². The summed E-state index contributed by atoms with van der Waals surface area (Å²) in [6.07, 6.45) is 2.57. The van der Waals surface area contributed by atoms with Crippen LogP contribution in [0.4, 0.5) is 0 Å². The Labute approximate surface area is 187 Å². The molecule has 32 heavy (non-hydrogen) atoms. The van der Waals surface area contributed by atoms with Gasteiger partial charge in [0.25, 0.3) is 0 Å². The number of hydrogen-bond acceptors (Lipinski definition) is 5. The van der Waals surface area contributed by atoms with Crippen LogP contribution < -0.4 is 10.1 Å². The first-order valence-corrected chi connectivity index (χ1v) is 10.7. The van der Waals surface area contributed by atoms with Gasteiger partial charge in [-0.25, -0.2) is 0 Å². The fraction of sp³-hybridized carbons (Fsp3) is 0.360. The summed E-state index contributed by atoms with van der Waals surface area (Å²) in [6.45, 7) is 4.02. The molecule has 2 N–H and O–H groups in total. The maximum Gasteiger partial charge on any atom is 0.224 e. The van der Waals surface area contributed by atoms with Crippen molar-refractivity contribution < 1.29 is 14.3 Å². The fourth-order valence-electron chi connectivity index (χ4n) is 3.79. The van der Waals surface area contributed by atoms with Crippen molar-refractivity contribution in [3.05, 3.63) is 60.0 Å². The van der Waals surface area contributed by atoms with Crippen LogP contribution in [0.5, 0.6) is 5.75 Å². The number of carbonyl (C=O) groups is 2. The highest BCUT2D eigenvalue weighted by atomic mass is 16.5. The Hall–Kier alpha value is -3.66. The lowest BCUT2D eigenvalue weighted by Gasteiger charge is -2.20. The number of nitrogens with zero attached hydrogens (tertiary/aromatic N) is 2. The van der Waals surface area contributed by atoms with Gasteiger partial charge in [-0.1, -0.05) is 26.0 Å². The third-order valence-corrected chi connectivity index (χ3v) is 5.31. The zero-order valence-corrected chi connectivity index (χ0v) is 18.6. The van der Waals surface area contributed by atoms with E-state index in [0.29, 0.717) is 24.3 Å². The number of hydrogen-bond donors (Lipinski definition) is 2. The van der Waals surface area contributed by atoms with Crippen molar-refractivity contribution in [3.8, 4) is 11.8 Å². The van der Waals surface area contributed by atoms with Crippen molar-refractivity contribution in [2.45, 2.75) is 39.2 Å². The molecule has 0 saturated heterocycles. The Morgan fingerprint density at radius 3 is 2.69 bits per heavy atom. The Balaban J connectivity index is 1.73. The summed E-state index contributed by atoms with van der Waals surface area (Å²) >= 11 is 0. The quantitative estimate of drug-likeness (QED) is 0.470. The van der Waals surface area contributed by atoms with E-state index in [9.17, 15) is 14.9 Å². The van der Waals surface area contributed by atoms with E-state index in [4.69, 9.17) is 4.74 Å². The first-order valence-electron chi connectivity index (χ1n) is 10.7. The van der Waals surface area contributed by atoms with Gasteiger partial charge in [-0.05, 0) is 42.7 Å². The van der Waals surface area contributed by atoms with E-state index < -0.39 is 12.0 Å². The zero-order valence-electron chi connectivity index (χ0n) is 18.6. The number of Topliss-reactive ketones (excluding diaryl/α,β-unsaturated/α-hetero) is 1. The molecule has 7 nitrogen and oxygen atoms in total. The van der Waals surface area contributed by atoms with Gasteiger partial charge >= 0.3 is 0 Å². The predicted octanol–water partition coefficient (Wildman–Crippen LogP) is 4.06. The molecular formula is C25H28N4O3. The van der Waals surface area contributed by atoms with E-state index in [1.165, 1.54) is 0 Å². The van der Waals surface area contributed by atoms with Crippen molar-refractivity contribution >= 4 is 22.6 Å². The number of amides is 1. The summed E-state index contributed by atoms with van der Waals surface area (Å²) in [5.74, 6) is -0.0701. The largest absolute Gasteiger partial charge is 0.496 e. The van der Waals surface area contributed by atoms with Gasteiger partial charge in [-0.3, -0.25) is 14.6 Å². The lowest BCUT2D eigenvalue weighted by atomic mass is 9.90. The standard InChI is InChI=1S/C25H28N4O3/c1-16(2)11-17(25(31)28-19(15-26)13-18-7-4-5-10-27-18)12-23(30)22-14-20-21(29-22)8-6-9-24(20)32-3/h4-10,14,16-17,19,29H,11-13H2,1-3H3,(H,28,31)/t17-,19+/m1/s1. The number of benzene rings is 1. The minimum Gasteiger partial charge on any atom is -0.496 e. The maximum atomic E-state index is 13.0. The summed E-state index contributed by atoms with van der Waals surface area (Å²) in [5, 5.41) is 13.1. The molecule has 1 aromatic carbocycles. The second kappa shape index (κ2) is 10.6. The number of aromatic nitrogens is 2. The molecule has 2 atom stereocenters. The summed E-state index contributed by atoms with van der Waals surface area (Å²) in [4.78, 5) is 33.4. The minimum atomic E-state index is -0.709. The lowest BCUT2D eigenvalue weighted by Crippen LogP contribution is -2.40. The molecule has 0 radical (unpaired) electrons. The molecule has 0 unspecified atom stereocenters. The van der Waals surface area contributed by atoms with Gasteiger partial charge in [-0.2, -0.15) is 5.26 Å². The number of ketones is 1.